The number of imide groups is 1. The van der Waals surface area contributed by atoms with Crippen LogP contribution in [0.15, 0.2) is 0 Å². The van der Waals surface area contributed by atoms with Gasteiger partial charge in [0.15, 0.2) is 0 Å². The van der Waals surface area contributed by atoms with E-state index in [2.05, 4.69) is 0 Å². The summed E-state index contributed by atoms with van der Waals surface area (Å²) in [6.07, 6.45) is 1.27. The Morgan fingerprint density at radius 3 is 2.93 bits per heavy atom. The lowest BCUT2D eigenvalue weighted by molar-refractivity contribution is -0.140. The summed E-state index contributed by atoms with van der Waals surface area (Å²) in [5, 5.41) is 8.80. The largest absolute Gasteiger partial charge is 0.395 e. The van der Waals surface area contributed by atoms with Crippen LogP contribution in [0.1, 0.15) is 19.8 Å². The van der Waals surface area contributed by atoms with Crippen molar-refractivity contribution in [1.82, 2.24) is 4.90 Å². The molecule has 2 amide bonds. The zero-order valence-electron chi connectivity index (χ0n) is 8.23. The molecular formula is C9H15NO3S. The SMILES string of the molecule is CC(CO)SCC(=O)N1CCCC1=O. The fourth-order valence-electron chi connectivity index (χ4n) is 1.26. The number of carbonyl (C=O) groups is 2. The van der Waals surface area contributed by atoms with Crippen LogP contribution in [0.3, 0.4) is 0 Å². The molecule has 80 valence electrons. The van der Waals surface area contributed by atoms with Gasteiger partial charge in [-0.15, -0.1) is 11.8 Å². The first kappa shape index (κ1) is 11.5. The number of hydrogen-bond acceptors (Lipinski definition) is 4. The van der Waals surface area contributed by atoms with Crippen molar-refractivity contribution in [2.75, 3.05) is 18.9 Å². The van der Waals surface area contributed by atoms with Crippen LogP contribution in [0.5, 0.6) is 0 Å². The van der Waals surface area contributed by atoms with Crippen LogP contribution >= 0.6 is 11.8 Å². The molecule has 0 aromatic carbocycles. The second-order valence-electron chi connectivity index (χ2n) is 3.35. The van der Waals surface area contributed by atoms with Gasteiger partial charge in [-0.2, -0.15) is 0 Å². The Balaban J connectivity index is 2.31. The fraction of sp³-hybridized carbons (Fsp3) is 0.778. The van der Waals surface area contributed by atoms with Crippen LogP contribution in [0.2, 0.25) is 0 Å². The lowest BCUT2D eigenvalue weighted by Gasteiger charge is -2.14. The zero-order valence-corrected chi connectivity index (χ0v) is 9.05. The van der Waals surface area contributed by atoms with Gasteiger partial charge in [-0.1, -0.05) is 6.92 Å². The van der Waals surface area contributed by atoms with E-state index in [1.807, 2.05) is 6.92 Å². The van der Waals surface area contributed by atoms with E-state index in [9.17, 15) is 9.59 Å². The molecule has 1 saturated heterocycles. The first-order valence-electron chi connectivity index (χ1n) is 4.71. The summed E-state index contributed by atoms with van der Waals surface area (Å²) in [5.41, 5.74) is 0. The lowest BCUT2D eigenvalue weighted by atomic mass is 10.4. The van der Waals surface area contributed by atoms with Gasteiger partial charge in [0.1, 0.15) is 0 Å². The Bertz CT molecular complexity index is 232. The second-order valence-corrected chi connectivity index (χ2v) is 4.77. The topological polar surface area (TPSA) is 57.6 Å². The summed E-state index contributed by atoms with van der Waals surface area (Å²) in [6, 6.07) is 0. The van der Waals surface area contributed by atoms with E-state index >= 15 is 0 Å². The van der Waals surface area contributed by atoms with Crippen LogP contribution in [-0.4, -0.2) is 46.0 Å². The molecule has 1 aliphatic rings. The minimum atomic E-state index is -0.127. The third-order valence-electron chi connectivity index (χ3n) is 2.12. The van der Waals surface area contributed by atoms with Crippen molar-refractivity contribution in [3.63, 3.8) is 0 Å². The van der Waals surface area contributed by atoms with Gasteiger partial charge in [-0.25, -0.2) is 0 Å². The Hall–Kier alpha value is -0.550. The van der Waals surface area contributed by atoms with E-state index in [1.165, 1.54) is 16.7 Å². The van der Waals surface area contributed by atoms with Crippen LogP contribution in [0.4, 0.5) is 0 Å². The zero-order chi connectivity index (χ0) is 10.6. The summed E-state index contributed by atoms with van der Waals surface area (Å²) < 4.78 is 0. The molecule has 1 rings (SSSR count). The van der Waals surface area contributed by atoms with Gasteiger partial charge in [0.2, 0.25) is 11.8 Å². The number of rotatable bonds is 4. The van der Waals surface area contributed by atoms with Gasteiger partial charge < -0.3 is 5.11 Å². The van der Waals surface area contributed by atoms with Gasteiger partial charge in [0, 0.05) is 18.2 Å². The monoisotopic (exact) mass is 217 g/mol. The predicted octanol–water partition coefficient (Wildman–Crippen LogP) is 0.249. The molecule has 0 radical (unpaired) electrons. The number of amides is 2. The van der Waals surface area contributed by atoms with Crippen LogP contribution in [-0.2, 0) is 9.59 Å². The Kier molecular flexibility index (Phi) is 4.41. The van der Waals surface area contributed by atoms with Gasteiger partial charge in [-0.05, 0) is 6.42 Å². The number of carbonyl (C=O) groups excluding carboxylic acids is 2. The average molecular weight is 217 g/mol. The van der Waals surface area contributed by atoms with Gasteiger partial charge >= 0.3 is 0 Å². The quantitative estimate of drug-likeness (QED) is 0.733. The predicted molar refractivity (Wildman–Crippen MR) is 55.0 cm³/mol. The Morgan fingerprint density at radius 2 is 2.43 bits per heavy atom. The molecule has 0 saturated carbocycles. The summed E-state index contributed by atoms with van der Waals surface area (Å²) >= 11 is 1.38. The normalized spacial score (nSPS) is 18.7. The minimum Gasteiger partial charge on any atom is -0.395 e. The summed E-state index contributed by atoms with van der Waals surface area (Å²) in [6.45, 7) is 2.47. The van der Waals surface area contributed by atoms with Crippen molar-refractivity contribution in [3.05, 3.63) is 0 Å². The standard InChI is InChI=1S/C9H15NO3S/c1-7(5-11)14-6-9(13)10-4-2-3-8(10)12/h7,11H,2-6H2,1H3. The van der Waals surface area contributed by atoms with E-state index in [0.717, 1.165) is 6.42 Å². The third kappa shape index (κ3) is 2.99. The van der Waals surface area contributed by atoms with Crippen LogP contribution < -0.4 is 0 Å². The van der Waals surface area contributed by atoms with Crippen molar-refractivity contribution in [1.29, 1.82) is 0 Å². The van der Waals surface area contributed by atoms with Gasteiger partial charge in [0.05, 0.1) is 12.4 Å². The van der Waals surface area contributed by atoms with Crippen molar-refractivity contribution >= 4 is 23.6 Å². The van der Waals surface area contributed by atoms with E-state index in [0.29, 0.717) is 13.0 Å². The number of hydrogen-bond donors (Lipinski definition) is 1. The average Bonchev–Trinajstić information content (AvgIpc) is 2.60. The Morgan fingerprint density at radius 1 is 1.71 bits per heavy atom. The summed E-state index contributed by atoms with van der Waals surface area (Å²) in [7, 11) is 0. The molecule has 1 N–H and O–H groups in total. The molecule has 1 heterocycles. The maximum atomic E-state index is 11.5. The Labute approximate surface area is 87.7 Å². The van der Waals surface area contributed by atoms with Gasteiger partial charge in [0.25, 0.3) is 0 Å². The van der Waals surface area contributed by atoms with E-state index in [-0.39, 0.29) is 29.4 Å². The highest BCUT2D eigenvalue weighted by Gasteiger charge is 2.26. The van der Waals surface area contributed by atoms with Crippen LogP contribution in [0, 0.1) is 0 Å². The van der Waals surface area contributed by atoms with Gasteiger partial charge in [-0.3, -0.25) is 14.5 Å². The second kappa shape index (κ2) is 5.36. The highest BCUT2D eigenvalue weighted by molar-refractivity contribution is 8.00. The first-order chi connectivity index (χ1) is 6.65. The fourth-order valence-corrected chi connectivity index (χ4v) is 1.94. The number of aliphatic hydroxyl groups excluding tert-OH is 1. The number of thioether (sulfide) groups is 1. The number of likely N-dealkylation sites (tertiary alicyclic amines) is 1. The third-order valence-corrected chi connectivity index (χ3v) is 3.25. The molecule has 0 aromatic rings. The smallest absolute Gasteiger partial charge is 0.239 e. The molecule has 0 aliphatic carbocycles. The minimum absolute atomic E-state index is 0.0525. The summed E-state index contributed by atoms with van der Waals surface area (Å²) in [5.74, 6) is 0.0954. The molecule has 0 aromatic heterocycles. The van der Waals surface area contributed by atoms with E-state index in [1.54, 1.807) is 0 Å². The molecule has 5 heteroatoms. The molecule has 1 atom stereocenters. The van der Waals surface area contributed by atoms with Crippen LogP contribution in [0.25, 0.3) is 0 Å². The van der Waals surface area contributed by atoms with Crippen molar-refractivity contribution < 1.29 is 14.7 Å². The molecule has 1 fully saturated rings. The molecule has 0 bridgehead atoms. The van der Waals surface area contributed by atoms with Crippen molar-refractivity contribution in [3.8, 4) is 0 Å². The molecule has 1 unspecified atom stereocenters. The molecule has 14 heavy (non-hydrogen) atoms. The first-order valence-corrected chi connectivity index (χ1v) is 5.75. The van der Waals surface area contributed by atoms with Crippen molar-refractivity contribution in [2.24, 2.45) is 0 Å². The maximum Gasteiger partial charge on any atom is 0.239 e. The summed E-state index contributed by atoms with van der Waals surface area (Å²) in [4.78, 5) is 24.0. The molecule has 1 aliphatic heterocycles. The molecule has 0 spiro atoms. The van der Waals surface area contributed by atoms with E-state index < -0.39 is 0 Å². The molecular weight excluding hydrogens is 202 g/mol. The number of aliphatic hydroxyl groups is 1. The number of nitrogens with zero attached hydrogens (tertiary/aromatic N) is 1. The highest BCUT2D eigenvalue weighted by Crippen LogP contribution is 2.14. The van der Waals surface area contributed by atoms with E-state index in [4.69, 9.17) is 5.11 Å². The highest BCUT2D eigenvalue weighted by atomic mass is 32.2. The van der Waals surface area contributed by atoms with Crippen molar-refractivity contribution in [2.45, 2.75) is 25.0 Å². The lowest BCUT2D eigenvalue weighted by Crippen LogP contribution is -2.33. The maximum absolute atomic E-state index is 11.5. The molecule has 4 nitrogen and oxygen atoms in total.